The lowest BCUT2D eigenvalue weighted by Gasteiger charge is -2.35. The minimum absolute atomic E-state index is 0.00608. The quantitative estimate of drug-likeness (QED) is 0.263. The van der Waals surface area contributed by atoms with Gasteiger partial charge in [-0.05, 0) is 49.6 Å². The van der Waals surface area contributed by atoms with E-state index >= 15 is 0 Å². The monoisotopic (exact) mass is 687 g/mol. The fourth-order valence-corrected chi connectivity index (χ4v) is 7.49. The molecule has 0 bridgehead atoms. The number of benzene rings is 1. The molecule has 0 radical (unpaired) electrons. The molecule has 6 rings (SSSR count). The summed E-state index contributed by atoms with van der Waals surface area (Å²) in [5.41, 5.74) is 1.95. The van der Waals surface area contributed by atoms with Gasteiger partial charge in [0.1, 0.15) is 18.5 Å². The number of nitrogens with one attached hydrogen (secondary N) is 1. The van der Waals surface area contributed by atoms with Crippen LogP contribution in [0.3, 0.4) is 0 Å². The predicted molar refractivity (Wildman–Crippen MR) is 168 cm³/mol. The minimum atomic E-state index is -3.96. The number of hydrogen-bond acceptors (Lipinski definition) is 12. The van der Waals surface area contributed by atoms with Crippen molar-refractivity contribution in [3.8, 4) is 11.3 Å². The number of aromatic nitrogens is 6. The van der Waals surface area contributed by atoms with Crippen molar-refractivity contribution in [3.63, 3.8) is 0 Å². The molecule has 18 heteroatoms. The van der Waals surface area contributed by atoms with Crippen molar-refractivity contribution < 1.29 is 30.7 Å². The van der Waals surface area contributed by atoms with Gasteiger partial charge in [0.15, 0.2) is 6.23 Å². The minimum Gasteiger partial charge on any atom is -0.369 e. The van der Waals surface area contributed by atoms with E-state index in [-0.39, 0.29) is 29.2 Å². The number of halogens is 2. The Bertz CT molecular complexity index is 2040. The van der Waals surface area contributed by atoms with E-state index < -0.39 is 38.3 Å². The zero-order valence-corrected chi connectivity index (χ0v) is 26.9. The number of hydrogen-bond donors (Lipinski definition) is 2. The van der Waals surface area contributed by atoms with Gasteiger partial charge in [-0.2, -0.15) is 13.4 Å². The molecule has 4 aromatic rings. The number of aliphatic hydroxyl groups is 1. The lowest BCUT2D eigenvalue weighted by Crippen LogP contribution is -2.42. The lowest BCUT2D eigenvalue weighted by molar-refractivity contribution is 0.123. The molecule has 248 valence electrons. The average molecular weight is 688 g/mol. The number of alkyl halides is 2. The first kappa shape index (κ1) is 32.5. The topological polar surface area (TPSA) is 176 Å². The molecule has 47 heavy (non-hydrogen) atoms. The summed E-state index contributed by atoms with van der Waals surface area (Å²) in [5, 5.41) is 18.0. The molecule has 2 aliphatic rings. The number of rotatable bonds is 9. The number of sulfonamides is 1. The fourth-order valence-electron chi connectivity index (χ4n) is 5.53. The summed E-state index contributed by atoms with van der Waals surface area (Å²) in [7, 11) is -7.25. The van der Waals surface area contributed by atoms with Crippen molar-refractivity contribution in [2.24, 2.45) is 0 Å². The molecular formula is C29H31F2N9O5S2. The van der Waals surface area contributed by atoms with Gasteiger partial charge in [-0.3, -0.25) is 4.98 Å². The van der Waals surface area contributed by atoms with Crippen LogP contribution in [0.4, 0.5) is 20.5 Å². The van der Waals surface area contributed by atoms with Crippen LogP contribution < -0.4 is 10.2 Å². The molecule has 5 heterocycles. The highest BCUT2D eigenvalue weighted by atomic mass is 32.2. The molecule has 2 aliphatic heterocycles. The summed E-state index contributed by atoms with van der Waals surface area (Å²) in [6, 6.07) is 9.52. The van der Waals surface area contributed by atoms with Gasteiger partial charge in [-0.25, -0.2) is 31.5 Å². The molecule has 3 aromatic heterocycles. The van der Waals surface area contributed by atoms with Crippen LogP contribution in [0.2, 0.25) is 0 Å². The summed E-state index contributed by atoms with van der Waals surface area (Å²) < 4.78 is 79.7. The molecule has 0 spiro atoms. The Morgan fingerprint density at radius 1 is 1.09 bits per heavy atom. The number of pyridine rings is 1. The van der Waals surface area contributed by atoms with Crippen LogP contribution in [0.1, 0.15) is 29.7 Å². The second-order valence-corrected chi connectivity index (χ2v) is 15.0. The number of aryl methyl sites for hydroxylation is 1. The predicted octanol–water partition coefficient (Wildman–Crippen LogP) is 2.50. The standard InChI is InChI=1S/C29H31F2N9O5S2/c1-18-20(6-7-25(35-18)19-4-3-5-23(12-19)47(44,45)40-17-32-16-34-40)15-39-27-21(13-24(26(30)31)28(39)41)14-33-29(37-27)36-22-8-10-38(11-9-22)46(2,42)43/h3-7,12-14,16-17,22,26,28,41H,8-11,15H2,1-2H3,(H,33,36,37). The zero-order valence-electron chi connectivity index (χ0n) is 25.3. The Morgan fingerprint density at radius 2 is 1.85 bits per heavy atom. The highest BCUT2D eigenvalue weighted by Crippen LogP contribution is 2.35. The van der Waals surface area contributed by atoms with E-state index in [0.29, 0.717) is 54.0 Å². The second kappa shape index (κ2) is 12.7. The third-order valence-corrected chi connectivity index (χ3v) is 10.9. The molecule has 1 unspecified atom stereocenters. The number of fused-ring (bicyclic) bond motifs is 1. The number of nitrogens with zero attached hydrogens (tertiary/aromatic N) is 8. The van der Waals surface area contributed by atoms with Gasteiger partial charge in [-0.1, -0.05) is 18.2 Å². The van der Waals surface area contributed by atoms with E-state index in [1.54, 1.807) is 31.2 Å². The van der Waals surface area contributed by atoms with Gasteiger partial charge in [0.2, 0.25) is 16.0 Å². The molecule has 0 saturated carbocycles. The molecule has 0 amide bonds. The van der Waals surface area contributed by atoms with E-state index in [1.165, 1.54) is 39.9 Å². The van der Waals surface area contributed by atoms with Crippen LogP contribution in [-0.2, 0) is 26.6 Å². The Balaban J connectivity index is 1.26. The van der Waals surface area contributed by atoms with Gasteiger partial charge in [0.05, 0.1) is 16.8 Å². The van der Waals surface area contributed by atoms with E-state index in [9.17, 15) is 30.7 Å². The van der Waals surface area contributed by atoms with Crippen LogP contribution in [-0.4, -0.2) is 93.4 Å². The second-order valence-electron chi connectivity index (χ2n) is 11.2. The van der Waals surface area contributed by atoms with Gasteiger partial charge >= 0.3 is 0 Å². The molecular weight excluding hydrogens is 657 g/mol. The first-order valence-corrected chi connectivity index (χ1v) is 17.8. The Hall–Kier alpha value is -4.39. The van der Waals surface area contributed by atoms with E-state index in [1.807, 2.05) is 0 Å². The van der Waals surface area contributed by atoms with Gasteiger partial charge < -0.3 is 15.3 Å². The van der Waals surface area contributed by atoms with Crippen molar-refractivity contribution in [1.82, 2.24) is 33.4 Å². The van der Waals surface area contributed by atoms with Crippen LogP contribution in [0.25, 0.3) is 17.3 Å². The lowest BCUT2D eigenvalue weighted by atomic mass is 10.0. The third kappa shape index (κ3) is 6.71. The first-order valence-electron chi connectivity index (χ1n) is 14.5. The molecule has 1 fully saturated rings. The summed E-state index contributed by atoms with van der Waals surface area (Å²) >= 11 is 0. The van der Waals surface area contributed by atoms with Gasteiger partial charge in [-0.15, -0.1) is 9.19 Å². The van der Waals surface area contributed by atoms with Crippen LogP contribution in [0.5, 0.6) is 0 Å². The Labute approximate surface area is 269 Å². The van der Waals surface area contributed by atoms with Crippen LogP contribution >= 0.6 is 0 Å². The molecule has 1 saturated heterocycles. The average Bonchev–Trinajstić information content (AvgIpc) is 3.59. The van der Waals surface area contributed by atoms with E-state index in [2.05, 4.69) is 30.4 Å². The maximum atomic E-state index is 14.0. The van der Waals surface area contributed by atoms with Crippen LogP contribution in [0.15, 0.2) is 65.7 Å². The van der Waals surface area contributed by atoms with Crippen molar-refractivity contribution in [2.45, 2.75) is 49.9 Å². The molecule has 0 aliphatic carbocycles. The number of aliphatic hydroxyl groups excluding tert-OH is 1. The molecule has 1 aromatic carbocycles. The molecule has 1 atom stereocenters. The first-order chi connectivity index (χ1) is 22.3. The largest absolute Gasteiger partial charge is 0.369 e. The number of anilines is 2. The van der Waals surface area contributed by atoms with Gasteiger partial charge in [0.25, 0.3) is 16.4 Å². The highest BCUT2D eigenvalue weighted by molar-refractivity contribution is 7.89. The highest BCUT2D eigenvalue weighted by Gasteiger charge is 2.34. The Morgan fingerprint density at radius 3 is 2.51 bits per heavy atom. The van der Waals surface area contributed by atoms with Gasteiger partial charge in [0, 0.05) is 54.3 Å². The van der Waals surface area contributed by atoms with E-state index in [4.69, 9.17) is 0 Å². The normalized spacial score (nSPS) is 17.9. The van der Waals surface area contributed by atoms with Crippen molar-refractivity contribution >= 4 is 37.9 Å². The SMILES string of the molecule is Cc1nc(-c2cccc(S(=O)(=O)n3cncn3)c2)ccc1CN1c2nc(NC3CCN(S(C)(=O)=O)CC3)ncc2C=C(C(F)F)C1O. The third-order valence-electron chi connectivity index (χ3n) is 8.10. The summed E-state index contributed by atoms with van der Waals surface area (Å²) in [5.74, 6) is 0.459. The summed E-state index contributed by atoms with van der Waals surface area (Å²) in [4.78, 5) is 18.6. The maximum absolute atomic E-state index is 14.0. The zero-order chi connectivity index (χ0) is 33.5. The summed E-state index contributed by atoms with van der Waals surface area (Å²) in [6.45, 7) is 2.39. The number of piperidine rings is 1. The Kier molecular flexibility index (Phi) is 8.77. The summed E-state index contributed by atoms with van der Waals surface area (Å²) in [6.07, 6.45) is 2.43. The van der Waals surface area contributed by atoms with Crippen molar-refractivity contribution in [3.05, 3.63) is 77.6 Å². The molecule has 14 nitrogen and oxygen atoms in total. The van der Waals surface area contributed by atoms with Crippen molar-refractivity contribution in [1.29, 1.82) is 0 Å². The van der Waals surface area contributed by atoms with E-state index in [0.717, 1.165) is 16.7 Å². The van der Waals surface area contributed by atoms with Crippen molar-refractivity contribution in [2.75, 3.05) is 29.6 Å². The molecule has 2 N–H and O–H groups in total. The fraction of sp³-hybridized carbons (Fsp3) is 0.345. The van der Waals surface area contributed by atoms with Crippen LogP contribution in [0, 0.1) is 6.92 Å². The maximum Gasteiger partial charge on any atom is 0.284 e. The smallest absolute Gasteiger partial charge is 0.284 e.